The molecule has 250 valence electrons. The summed E-state index contributed by atoms with van der Waals surface area (Å²) in [6.07, 6.45) is 6.48. The number of benzene rings is 4. The summed E-state index contributed by atoms with van der Waals surface area (Å²) in [6.45, 7) is 28.0. The topological polar surface area (TPSA) is 0 Å². The third kappa shape index (κ3) is 6.87. The summed E-state index contributed by atoms with van der Waals surface area (Å²) in [5.74, 6) is 0.556. The van der Waals surface area contributed by atoms with E-state index in [1.165, 1.54) is 78.8 Å². The van der Waals surface area contributed by atoms with E-state index in [-0.39, 0.29) is 30.2 Å². The number of hydrogen-bond donors (Lipinski definition) is 0. The Balaban J connectivity index is 0.00000260. The van der Waals surface area contributed by atoms with Crippen molar-refractivity contribution in [2.75, 3.05) is 0 Å². The van der Waals surface area contributed by atoms with Crippen LogP contribution < -0.4 is 24.8 Å². The molecule has 0 radical (unpaired) electrons. The van der Waals surface area contributed by atoms with Crippen molar-refractivity contribution >= 4 is 3.21 Å². The molecule has 1 atom stereocenters. The number of allylic oxidation sites excluding steroid dienone is 4. The van der Waals surface area contributed by atoms with Crippen molar-refractivity contribution in [1.82, 2.24) is 0 Å². The second kappa shape index (κ2) is 14.5. The monoisotopic (exact) mass is 752 g/mol. The minimum atomic E-state index is -2.46. The maximum absolute atomic E-state index is 2.67. The molecule has 0 fully saturated rings. The van der Waals surface area contributed by atoms with Gasteiger partial charge in [0.1, 0.15) is 0 Å². The Morgan fingerprint density at radius 2 is 1.06 bits per heavy atom. The van der Waals surface area contributed by atoms with Gasteiger partial charge in [-0.25, -0.2) is 0 Å². The van der Waals surface area contributed by atoms with Gasteiger partial charge in [-0.05, 0) is 0 Å². The van der Waals surface area contributed by atoms with Crippen LogP contribution in [0.5, 0.6) is 0 Å². The second-order valence-electron chi connectivity index (χ2n) is 15.5. The van der Waals surface area contributed by atoms with Crippen molar-refractivity contribution < 1.29 is 46.1 Å². The van der Waals surface area contributed by atoms with Gasteiger partial charge in [-0.3, -0.25) is 0 Å². The summed E-state index contributed by atoms with van der Waals surface area (Å²) in [5.41, 5.74) is 21.4. The van der Waals surface area contributed by atoms with E-state index in [2.05, 4.69) is 156 Å². The maximum atomic E-state index is 2.67. The van der Waals surface area contributed by atoms with Crippen molar-refractivity contribution in [3.63, 3.8) is 0 Å². The second-order valence-corrected chi connectivity index (χ2v) is 22.8. The van der Waals surface area contributed by atoms with Gasteiger partial charge >= 0.3 is 288 Å². The molecule has 0 aliphatic heterocycles. The zero-order valence-electron chi connectivity index (χ0n) is 31.0. The van der Waals surface area contributed by atoms with Gasteiger partial charge in [-0.2, -0.15) is 0 Å². The van der Waals surface area contributed by atoms with Crippen LogP contribution in [0.1, 0.15) is 96.1 Å². The van der Waals surface area contributed by atoms with Crippen LogP contribution in [0.25, 0.3) is 33.4 Å². The van der Waals surface area contributed by atoms with Gasteiger partial charge in [-0.15, -0.1) is 0 Å². The molecule has 0 bridgehead atoms. The molecule has 0 amide bonds. The summed E-state index contributed by atoms with van der Waals surface area (Å²) < 4.78 is 3.95. The molecule has 0 nitrogen and oxygen atoms in total. The van der Waals surface area contributed by atoms with Crippen molar-refractivity contribution in [3.8, 4) is 33.4 Å². The molecule has 0 N–H and O–H groups in total. The maximum Gasteiger partial charge on any atom is -1.00 e. The minimum absolute atomic E-state index is 0. The zero-order chi connectivity index (χ0) is 33.2. The van der Waals surface area contributed by atoms with E-state index in [0.717, 1.165) is 0 Å². The molecule has 2 aliphatic rings. The smallest absolute Gasteiger partial charge is 1.00 e. The molecule has 0 heterocycles. The van der Waals surface area contributed by atoms with Crippen LogP contribution in [0.2, 0.25) is 0 Å². The fraction of sp³-hybridized carbons (Fsp3) is 0.356. The standard InChI is InChI=1S/C31H29.C11H17.C3H6.2ClH.Zr/c1-18-11-20(3)30(21(4)12-18)24-7-9-28-26(15-24)17-27-16-25(8-10-29(27)28)31-22(5)13-19(2)14-23(31)6;1-5-9-6-7-10(8-9)11(2,3)4;1-3-2;;;/h7-17H,1-6H3;7-9H,5H2,1-4H3;1-2H3;2*1H;/q;;;;;+2/p-2. The molecule has 1 unspecified atom stereocenters. The molecule has 4 aromatic rings. The number of halogens is 2. The van der Waals surface area contributed by atoms with Gasteiger partial charge in [0.05, 0.1) is 0 Å². The van der Waals surface area contributed by atoms with Crippen LogP contribution >= 0.6 is 0 Å². The molecular weight excluding hydrogens is 703 g/mol. The number of aryl methyl sites for hydroxylation is 6. The van der Waals surface area contributed by atoms with Gasteiger partial charge in [0.2, 0.25) is 0 Å². The molecule has 3 heteroatoms. The van der Waals surface area contributed by atoms with E-state index in [1.807, 2.05) is 0 Å². The van der Waals surface area contributed by atoms with Gasteiger partial charge in [0, 0.05) is 0 Å². The Hall–Kier alpha value is -2.31. The predicted octanol–water partition coefficient (Wildman–Crippen LogP) is 6.68. The molecule has 4 aromatic carbocycles. The first kappa shape index (κ1) is 38.5. The predicted molar refractivity (Wildman–Crippen MR) is 199 cm³/mol. The first-order chi connectivity index (χ1) is 21.7. The first-order valence-corrected chi connectivity index (χ1v) is 21.1. The van der Waals surface area contributed by atoms with Gasteiger partial charge in [-0.1, -0.05) is 0 Å². The number of hydrogen-bond acceptors (Lipinski definition) is 0. The summed E-state index contributed by atoms with van der Waals surface area (Å²) in [4.78, 5) is 0. The van der Waals surface area contributed by atoms with E-state index in [4.69, 9.17) is 0 Å². The average Bonchev–Trinajstić information content (AvgIpc) is 3.52. The van der Waals surface area contributed by atoms with Crippen LogP contribution in [0.15, 0.2) is 81.7 Å². The van der Waals surface area contributed by atoms with Crippen LogP contribution in [-0.2, 0) is 21.3 Å². The third-order valence-electron chi connectivity index (χ3n) is 10.5. The Bertz CT molecular complexity index is 1840. The minimum Gasteiger partial charge on any atom is -1.00 e. The van der Waals surface area contributed by atoms with Crippen LogP contribution in [0.4, 0.5) is 0 Å². The molecule has 0 aromatic heterocycles. The fourth-order valence-corrected chi connectivity index (χ4v) is 17.4. The van der Waals surface area contributed by atoms with Crippen molar-refractivity contribution in [3.05, 3.63) is 126 Å². The van der Waals surface area contributed by atoms with E-state index in [1.54, 1.807) is 17.6 Å². The molecule has 48 heavy (non-hydrogen) atoms. The normalized spacial score (nSPS) is 15.0. The molecule has 2 aliphatic carbocycles. The van der Waals surface area contributed by atoms with Crippen LogP contribution in [0.3, 0.4) is 0 Å². The summed E-state index contributed by atoms with van der Waals surface area (Å²) in [7, 11) is 0. The molecule has 6 rings (SSSR count). The molecule has 0 spiro atoms. The largest absolute Gasteiger partial charge is 1.00 e. The summed E-state index contributed by atoms with van der Waals surface area (Å²) in [6, 6.07) is 24.3. The Morgan fingerprint density at radius 1 is 0.646 bits per heavy atom. The summed E-state index contributed by atoms with van der Waals surface area (Å²) >= 11 is -2.46. The van der Waals surface area contributed by atoms with E-state index < -0.39 is 21.3 Å². The van der Waals surface area contributed by atoms with E-state index in [9.17, 15) is 0 Å². The Labute approximate surface area is 311 Å². The number of rotatable bonds is 5. The van der Waals surface area contributed by atoms with Crippen molar-refractivity contribution in [1.29, 1.82) is 0 Å². The average molecular weight is 755 g/mol. The molecule has 0 saturated carbocycles. The van der Waals surface area contributed by atoms with Crippen molar-refractivity contribution in [2.24, 2.45) is 11.3 Å². The number of fused-ring (bicyclic) bond motifs is 3. The fourth-order valence-electron chi connectivity index (χ4n) is 8.61. The first-order valence-electron chi connectivity index (χ1n) is 17.3. The SMILES string of the molecule is CCC1C=C(C(C)(C)C)C=[C]1[Zr+2](=[C](C)C)[CH]1c2cc(-c3c(C)cc(C)cc3C)ccc2-c2ccc(-c3c(C)cc(C)cc3C)cc21.[Cl-].[Cl-]. The van der Waals surface area contributed by atoms with Gasteiger partial charge in [0.25, 0.3) is 0 Å². The van der Waals surface area contributed by atoms with E-state index in [0.29, 0.717) is 9.54 Å². The van der Waals surface area contributed by atoms with Gasteiger partial charge in [0.15, 0.2) is 0 Å². The van der Waals surface area contributed by atoms with Crippen LogP contribution in [0, 0.1) is 52.9 Å². The van der Waals surface area contributed by atoms with Crippen LogP contribution in [-0.4, -0.2) is 3.21 Å². The molecular formula is C45H52Cl2Zr. The van der Waals surface area contributed by atoms with Crippen molar-refractivity contribution in [2.45, 2.75) is 93.1 Å². The van der Waals surface area contributed by atoms with Gasteiger partial charge < -0.3 is 24.8 Å². The zero-order valence-corrected chi connectivity index (χ0v) is 35.0. The third-order valence-corrected chi connectivity index (χ3v) is 18.9. The molecule has 0 saturated heterocycles. The Morgan fingerprint density at radius 3 is 1.42 bits per heavy atom. The summed E-state index contributed by atoms with van der Waals surface area (Å²) in [5, 5.41) is 0. The Kier molecular flexibility index (Phi) is 11.6. The quantitative estimate of drug-likeness (QED) is 0.214. The van der Waals surface area contributed by atoms with E-state index >= 15 is 0 Å².